The van der Waals surface area contributed by atoms with Crippen LogP contribution in [-0.4, -0.2) is 39.1 Å². The molecule has 158 valence electrons. The second-order valence-electron chi connectivity index (χ2n) is 6.64. The van der Waals surface area contributed by atoms with Crippen molar-refractivity contribution in [1.29, 1.82) is 0 Å². The van der Waals surface area contributed by atoms with Crippen LogP contribution in [0.15, 0.2) is 14.8 Å². The van der Waals surface area contributed by atoms with Gasteiger partial charge < -0.3 is 15.6 Å². The number of anilines is 1. The van der Waals surface area contributed by atoms with Gasteiger partial charge in [-0.3, -0.25) is 19.1 Å². The van der Waals surface area contributed by atoms with Crippen molar-refractivity contribution in [2.24, 2.45) is 11.1 Å². The minimum Gasteiger partial charge on any atom is -0.369 e. The van der Waals surface area contributed by atoms with E-state index in [1.165, 1.54) is 11.7 Å². The topological polar surface area (TPSA) is 153 Å². The Morgan fingerprint density at radius 3 is 2.54 bits per heavy atom. The molecule has 1 aliphatic carbocycles. The number of nitrogen functional groups attached to an aromatic ring is 1. The molecule has 0 amide bonds. The van der Waals surface area contributed by atoms with Gasteiger partial charge in [-0.15, -0.1) is 0 Å². The SMILES string of the molecule is CC.COC(C)(C)O.Nc1nc2c(sc(=O)n2C2CCC(CN=O)C2)c(=O)[nH]1. The van der Waals surface area contributed by atoms with Crippen LogP contribution in [0.1, 0.15) is 53.0 Å². The van der Waals surface area contributed by atoms with Crippen molar-refractivity contribution in [1.82, 2.24) is 14.5 Å². The Bertz CT molecular complexity index is 883. The van der Waals surface area contributed by atoms with Crippen molar-refractivity contribution >= 4 is 27.6 Å². The number of hydrogen-bond donors (Lipinski definition) is 3. The van der Waals surface area contributed by atoms with Crippen LogP contribution in [0.5, 0.6) is 0 Å². The van der Waals surface area contributed by atoms with E-state index in [1.807, 2.05) is 13.8 Å². The molecule has 2 unspecified atom stereocenters. The van der Waals surface area contributed by atoms with Gasteiger partial charge in [-0.1, -0.05) is 30.4 Å². The summed E-state index contributed by atoms with van der Waals surface area (Å²) in [5, 5.41) is 11.5. The molecule has 1 fully saturated rings. The quantitative estimate of drug-likeness (QED) is 0.511. The lowest BCUT2D eigenvalue weighted by Gasteiger charge is -2.12. The summed E-state index contributed by atoms with van der Waals surface area (Å²) in [6.07, 6.45) is 2.32. The molecule has 28 heavy (non-hydrogen) atoms. The van der Waals surface area contributed by atoms with Crippen molar-refractivity contribution in [3.63, 3.8) is 0 Å². The highest BCUT2D eigenvalue weighted by Gasteiger charge is 2.29. The molecule has 0 spiro atoms. The zero-order chi connectivity index (χ0) is 21.5. The number of thiazole rings is 1. The number of rotatable bonds is 4. The van der Waals surface area contributed by atoms with Gasteiger partial charge in [0.15, 0.2) is 11.4 Å². The summed E-state index contributed by atoms with van der Waals surface area (Å²) in [4.78, 5) is 40.5. The summed E-state index contributed by atoms with van der Waals surface area (Å²) in [5.74, 6) is -0.767. The largest absolute Gasteiger partial charge is 0.369 e. The fraction of sp³-hybridized carbons (Fsp3) is 0.706. The van der Waals surface area contributed by atoms with E-state index in [0.29, 0.717) is 16.8 Å². The number of nitrogens with one attached hydrogen (secondary N) is 1. The number of fused-ring (bicyclic) bond motifs is 1. The normalized spacial score (nSPS) is 18.8. The third kappa shape index (κ3) is 6.21. The van der Waals surface area contributed by atoms with Crippen LogP contribution in [0, 0.1) is 10.8 Å². The molecule has 0 aromatic carbocycles. The Morgan fingerprint density at radius 2 is 2.00 bits per heavy atom. The highest BCUT2D eigenvalue weighted by molar-refractivity contribution is 7.16. The van der Waals surface area contributed by atoms with Gasteiger partial charge in [0.2, 0.25) is 5.95 Å². The maximum atomic E-state index is 12.1. The molecule has 4 N–H and O–H groups in total. The number of aliphatic hydroxyl groups is 1. The molecule has 2 aromatic heterocycles. The average molecular weight is 416 g/mol. The Morgan fingerprint density at radius 1 is 1.39 bits per heavy atom. The molecule has 10 nitrogen and oxygen atoms in total. The Balaban J connectivity index is 0.000000422. The van der Waals surface area contributed by atoms with E-state index in [-0.39, 0.29) is 29.3 Å². The maximum absolute atomic E-state index is 12.1. The van der Waals surface area contributed by atoms with E-state index in [9.17, 15) is 14.5 Å². The van der Waals surface area contributed by atoms with Gasteiger partial charge in [0.1, 0.15) is 4.70 Å². The first kappa shape index (κ1) is 23.9. The van der Waals surface area contributed by atoms with Crippen LogP contribution in [0.4, 0.5) is 5.95 Å². The maximum Gasteiger partial charge on any atom is 0.309 e. The van der Waals surface area contributed by atoms with Crippen molar-refractivity contribution < 1.29 is 9.84 Å². The smallest absolute Gasteiger partial charge is 0.309 e. The number of methoxy groups -OCH3 is 1. The molecule has 0 radical (unpaired) electrons. The van der Waals surface area contributed by atoms with Crippen LogP contribution in [-0.2, 0) is 4.74 Å². The summed E-state index contributed by atoms with van der Waals surface area (Å²) in [7, 11) is 1.46. The number of aromatic amines is 1. The minimum atomic E-state index is -0.958. The van der Waals surface area contributed by atoms with E-state index >= 15 is 0 Å². The summed E-state index contributed by atoms with van der Waals surface area (Å²) in [6, 6.07) is -0.0447. The Labute approximate surface area is 166 Å². The van der Waals surface area contributed by atoms with Crippen LogP contribution in [0.3, 0.4) is 0 Å². The highest BCUT2D eigenvalue weighted by Crippen LogP contribution is 2.35. The lowest BCUT2D eigenvalue weighted by atomic mass is 10.1. The molecular formula is C17H29N5O5S. The van der Waals surface area contributed by atoms with E-state index in [4.69, 9.17) is 10.8 Å². The number of nitrogens with zero attached hydrogens (tertiary/aromatic N) is 3. The lowest BCUT2D eigenvalue weighted by Crippen LogP contribution is -2.20. The molecule has 1 saturated carbocycles. The van der Waals surface area contributed by atoms with Crippen molar-refractivity contribution in [3.8, 4) is 0 Å². The third-order valence-corrected chi connectivity index (χ3v) is 5.15. The van der Waals surface area contributed by atoms with Crippen molar-refractivity contribution in [2.75, 3.05) is 19.4 Å². The molecule has 3 rings (SSSR count). The Hall–Kier alpha value is -2.11. The number of nitroso groups, excluding NO2 is 1. The van der Waals surface area contributed by atoms with Gasteiger partial charge in [0.05, 0.1) is 6.54 Å². The second-order valence-corrected chi connectivity index (χ2v) is 7.60. The number of nitrogens with two attached hydrogens (primary N) is 1. The van der Waals surface area contributed by atoms with E-state index in [0.717, 1.165) is 24.2 Å². The van der Waals surface area contributed by atoms with Crippen LogP contribution < -0.4 is 16.2 Å². The minimum absolute atomic E-state index is 0.00171. The number of H-pyrrole nitrogens is 1. The number of ether oxygens (including phenoxy) is 1. The molecule has 11 heteroatoms. The molecule has 2 heterocycles. The molecule has 0 aliphatic heterocycles. The van der Waals surface area contributed by atoms with Crippen LogP contribution >= 0.6 is 11.3 Å². The third-order valence-electron chi connectivity index (χ3n) is 4.20. The van der Waals surface area contributed by atoms with Gasteiger partial charge in [-0.25, -0.2) is 0 Å². The summed E-state index contributed by atoms with van der Waals surface area (Å²) >= 11 is 0.876. The van der Waals surface area contributed by atoms with Crippen molar-refractivity contribution in [3.05, 3.63) is 24.9 Å². The molecule has 2 atom stereocenters. The fourth-order valence-electron chi connectivity index (χ4n) is 2.82. The zero-order valence-electron chi connectivity index (χ0n) is 16.9. The van der Waals surface area contributed by atoms with Crippen molar-refractivity contribution in [2.45, 2.75) is 58.8 Å². The molecule has 1 aliphatic rings. The fourth-order valence-corrected chi connectivity index (χ4v) is 3.71. The van der Waals surface area contributed by atoms with E-state index in [1.54, 1.807) is 13.8 Å². The zero-order valence-corrected chi connectivity index (χ0v) is 17.7. The second kappa shape index (κ2) is 10.4. The molecule has 2 aromatic rings. The van der Waals surface area contributed by atoms with Gasteiger partial charge in [0.25, 0.3) is 5.56 Å². The predicted molar refractivity (Wildman–Crippen MR) is 111 cm³/mol. The first-order valence-electron chi connectivity index (χ1n) is 9.13. The highest BCUT2D eigenvalue weighted by atomic mass is 32.1. The van der Waals surface area contributed by atoms with Gasteiger partial charge >= 0.3 is 4.87 Å². The number of hydrogen-bond acceptors (Lipinski definition) is 9. The summed E-state index contributed by atoms with van der Waals surface area (Å²) in [6.45, 7) is 7.42. The summed E-state index contributed by atoms with van der Waals surface area (Å²) < 4.78 is 6.32. The molecule has 0 saturated heterocycles. The van der Waals surface area contributed by atoms with Crippen LogP contribution in [0.2, 0.25) is 0 Å². The molecular weight excluding hydrogens is 386 g/mol. The Kier molecular flexibility index (Phi) is 8.92. The average Bonchev–Trinajstić information content (AvgIpc) is 3.21. The molecule has 0 bridgehead atoms. The standard InChI is InChI=1S/C11H13N5O3S.C4H10O2.C2H6/c12-10-14-8-7(9(17)15-10)20-11(18)16(8)6-2-1-5(3-6)4-13-19;1-4(2,5)6-3;1-2/h5-6H,1-4H2,(H3,12,14,15,17);5H,1-3H3;1-2H3. The lowest BCUT2D eigenvalue weighted by molar-refractivity contribution is -0.155. The predicted octanol–water partition coefficient (Wildman–Crippen LogP) is 2.22. The monoisotopic (exact) mass is 415 g/mol. The van der Waals surface area contributed by atoms with Gasteiger partial charge in [-0.2, -0.15) is 9.89 Å². The van der Waals surface area contributed by atoms with Crippen LogP contribution in [0.25, 0.3) is 10.3 Å². The first-order valence-corrected chi connectivity index (χ1v) is 9.95. The van der Waals surface area contributed by atoms with Gasteiger partial charge in [-0.05, 0) is 39.0 Å². The summed E-state index contributed by atoms with van der Waals surface area (Å²) in [5.41, 5.74) is 5.49. The van der Waals surface area contributed by atoms with Gasteiger partial charge in [0, 0.05) is 13.2 Å². The van der Waals surface area contributed by atoms with E-state index in [2.05, 4.69) is 19.9 Å². The number of aromatic nitrogens is 3. The van der Waals surface area contributed by atoms with E-state index < -0.39 is 11.3 Å². The first-order chi connectivity index (χ1) is 13.2.